The third-order valence-corrected chi connectivity index (χ3v) is 5.28. The summed E-state index contributed by atoms with van der Waals surface area (Å²) in [6, 6.07) is 13.8. The lowest BCUT2D eigenvalue weighted by molar-refractivity contribution is 0.726. The van der Waals surface area contributed by atoms with Crippen molar-refractivity contribution in [3.8, 4) is 0 Å². The van der Waals surface area contributed by atoms with Crippen molar-refractivity contribution in [2.45, 2.75) is 49.4 Å². The van der Waals surface area contributed by atoms with Gasteiger partial charge in [0.15, 0.2) is 0 Å². The molecule has 0 unspecified atom stereocenters. The van der Waals surface area contributed by atoms with Crippen LogP contribution in [0.2, 0.25) is 0 Å². The normalized spacial score (nSPS) is 13.4. The summed E-state index contributed by atoms with van der Waals surface area (Å²) >= 11 is 1.89. The fourth-order valence-electron chi connectivity index (χ4n) is 2.94. The lowest BCUT2D eigenvalue weighted by atomic mass is 10.1. The summed E-state index contributed by atoms with van der Waals surface area (Å²) in [6.07, 6.45) is 3.84. The van der Waals surface area contributed by atoms with Gasteiger partial charge in [-0.05, 0) is 73.2 Å². The van der Waals surface area contributed by atoms with Crippen LogP contribution < -0.4 is 5.32 Å². The van der Waals surface area contributed by atoms with Crippen molar-refractivity contribution in [1.29, 1.82) is 0 Å². The third kappa shape index (κ3) is 3.50. The number of aryl methyl sites for hydroxylation is 3. The Balaban J connectivity index is 1.75. The molecule has 0 spiro atoms. The smallest absolute Gasteiger partial charge is 0.0205 e. The molecule has 2 heteroatoms. The van der Waals surface area contributed by atoms with E-state index < -0.39 is 0 Å². The van der Waals surface area contributed by atoms with Crippen molar-refractivity contribution in [1.82, 2.24) is 5.32 Å². The van der Waals surface area contributed by atoms with Gasteiger partial charge in [-0.2, -0.15) is 0 Å². The maximum atomic E-state index is 3.38. The van der Waals surface area contributed by atoms with Crippen LogP contribution in [0.15, 0.2) is 46.2 Å². The zero-order valence-electron chi connectivity index (χ0n) is 12.9. The molecule has 0 saturated carbocycles. The average Bonchev–Trinajstić information content (AvgIpc) is 2.95. The minimum atomic E-state index is 0.959. The van der Waals surface area contributed by atoms with Gasteiger partial charge in [-0.25, -0.2) is 0 Å². The molecule has 0 atom stereocenters. The van der Waals surface area contributed by atoms with Crippen LogP contribution in [0.3, 0.4) is 0 Å². The predicted molar refractivity (Wildman–Crippen MR) is 91.1 cm³/mol. The number of hydrogen-bond acceptors (Lipinski definition) is 2. The molecule has 0 amide bonds. The third-order valence-electron chi connectivity index (χ3n) is 4.12. The van der Waals surface area contributed by atoms with Gasteiger partial charge < -0.3 is 5.32 Å². The van der Waals surface area contributed by atoms with Crippen LogP contribution in [0.1, 0.15) is 35.6 Å². The van der Waals surface area contributed by atoms with E-state index >= 15 is 0 Å². The second-order valence-corrected chi connectivity index (χ2v) is 6.88. The molecule has 0 aliphatic heterocycles. The first-order valence-electron chi connectivity index (χ1n) is 7.86. The Labute approximate surface area is 132 Å². The molecule has 1 nitrogen and oxygen atoms in total. The van der Waals surface area contributed by atoms with Crippen LogP contribution in [-0.2, 0) is 19.4 Å². The van der Waals surface area contributed by atoms with Crippen molar-refractivity contribution in [2.24, 2.45) is 0 Å². The van der Waals surface area contributed by atoms with Crippen molar-refractivity contribution < 1.29 is 0 Å². The molecule has 0 radical (unpaired) electrons. The monoisotopic (exact) mass is 297 g/mol. The van der Waals surface area contributed by atoms with Crippen LogP contribution in [0.5, 0.6) is 0 Å². The van der Waals surface area contributed by atoms with E-state index in [-0.39, 0.29) is 0 Å². The van der Waals surface area contributed by atoms with Crippen LogP contribution in [-0.4, -0.2) is 6.54 Å². The Morgan fingerprint density at radius 3 is 2.71 bits per heavy atom. The largest absolute Gasteiger partial charge is 0.313 e. The van der Waals surface area contributed by atoms with Crippen molar-refractivity contribution in [3.05, 3.63) is 58.7 Å². The van der Waals surface area contributed by atoms with E-state index in [9.17, 15) is 0 Å². The van der Waals surface area contributed by atoms with E-state index in [1.807, 2.05) is 11.8 Å². The first kappa shape index (κ1) is 14.7. The lowest BCUT2D eigenvalue weighted by Gasteiger charge is -2.10. The van der Waals surface area contributed by atoms with Crippen molar-refractivity contribution >= 4 is 11.8 Å². The lowest BCUT2D eigenvalue weighted by Crippen LogP contribution is -2.11. The summed E-state index contributed by atoms with van der Waals surface area (Å²) in [6.45, 7) is 6.34. The fourth-order valence-corrected chi connectivity index (χ4v) is 3.89. The molecule has 0 bridgehead atoms. The van der Waals surface area contributed by atoms with Crippen molar-refractivity contribution in [3.63, 3.8) is 0 Å². The molecule has 21 heavy (non-hydrogen) atoms. The Hall–Kier alpha value is -1.25. The average molecular weight is 297 g/mol. The summed E-state index contributed by atoms with van der Waals surface area (Å²) in [5.74, 6) is 0. The second kappa shape index (κ2) is 6.67. The van der Waals surface area contributed by atoms with Gasteiger partial charge in [0.2, 0.25) is 0 Å². The number of rotatable bonds is 5. The summed E-state index contributed by atoms with van der Waals surface area (Å²) < 4.78 is 0. The van der Waals surface area contributed by atoms with Gasteiger partial charge in [0.1, 0.15) is 0 Å². The maximum absolute atomic E-state index is 3.38. The molecule has 1 aliphatic rings. The zero-order valence-corrected chi connectivity index (χ0v) is 13.7. The van der Waals surface area contributed by atoms with Crippen LogP contribution in [0.25, 0.3) is 0 Å². The number of fused-ring (bicyclic) bond motifs is 1. The highest BCUT2D eigenvalue weighted by Gasteiger charge is 2.11. The van der Waals surface area contributed by atoms with E-state index in [4.69, 9.17) is 0 Å². The minimum absolute atomic E-state index is 0.959. The zero-order chi connectivity index (χ0) is 14.7. The van der Waals surface area contributed by atoms with Gasteiger partial charge >= 0.3 is 0 Å². The van der Waals surface area contributed by atoms with Crippen LogP contribution >= 0.6 is 11.8 Å². The second-order valence-electron chi connectivity index (χ2n) is 5.77. The van der Waals surface area contributed by atoms with Gasteiger partial charge in [0, 0.05) is 16.3 Å². The van der Waals surface area contributed by atoms with Gasteiger partial charge in [-0.1, -0.05) is 36.9 Å². The summed E-state index contributed by atoms with van der Waals surface area (Å²) in [5.41, 5.74) is 5.85. The fraction of sp³-hybridized carbons (Fsp3) is 0.368. The quantitative estimate of drug-likeness (QED) is 0.855. The van der Waals surface area contributed by atoms with E-state index in [1.165, 1.54) is 40.2 Å². The molecular formula is C19H23NS. The van der Waals surface area contributed by atoms with Gasteiger partial charge in [0.25, 0.3) is 0 Å². The highest BCUT2D eigenvalue weighted by molar-refractivity contribution is 7.99. The first-order valence-corrected chi connectivity index (χ1v) is 8.68. The Morgan fingerprint density at radius 2 is 1.90 bits per heavy atom. The molecule has 0 fully saturated rings. The van der Waals surface area contributed by atoms with Gasteiger partial charge in [0.05, 0.1) is 0 Å². The highest BCUT2D eigenvalue weighted by atomic mass is 32.2. The minimum Gasteiger partial charge on any atom is -0.313 e. The Bertz CT molecular complexity index is 633. The van der Waals surface area contributed by atoms with E-state index in [1.54, 1.807) is 11.1 Å². The number of hydrogen-bond donors (Lipinski definition) is 1. The van der Waals surface area contributed by atoms with E-state index in [0.717, 1.165) is 13.1 Å². The Morgan fingerprint density at radius 1 is 1.05 bits per heavy atom. The van der Waals surface area contributed by atoms with E-state index in [2.05, 4.69) is 55.6 Å². The molecule has 3 rings (SSSR count). The molecule has 0 saturated heterocycles. The SMILES string of the molecule is CCNCc1ccc(Sc2ccc3c(c2)CCC3)c(C)c1. The summed E-state index contributed by atoms with van der Waals surface area (Å²) in [5, 5.41) is 3.38. The highest BCUT2D eigenvalue weighted by Crippen LogP contribution is 2.33. The standard InChI is InChI=1S/C19H23NS/c1-3-20-13-15-7-10-19(14(2)11-15)21-18-9-8-16-5-4-6-17(16)12-18/h7-12,20H,3-6,13H2,1-2H3. The topological polar surface area (TPSA) is 12.0 Å². The van der Waals surface area contributed by atoms with Crippen molar-refractivity contribution in [2.75, 3.05) is 6.54 Å². The summed E-state index contributed by atoms with van der Waals surface area (Å²) in [4.78, 5) is 2.74. The predicted octanol–water partition coefficient (Wildman–Crippen LogP) is 4.74. The molecule has 2 aromatic rings. The van der Waals surface area contributed by atoms with Gasteiger partial charge in [-0.15, -0.1) is 0 Å². The van der Waals surface area contributed by atoms with Crippen LogP contribution in [0.4, 0.5) is 0 Å². The number of benzene rings is 2. The summed E-state index contributed by atoms with van der Waals surface area (Å²) in [7, 11) is 0. The maximum Gasteiger partial charge on any atom is 0.0205 e. The first-order chi connectivity index (χ1) is 10.3. The molecular weight excluding hydrogens is 274 g/mol. The van der Waals surface area contributed by atoms with Crippen LogP contribution in [0, 0.1) is 6.92 Å². The molecule has 110 valence electrons. The molecule has 2 aromatic carbocycles. The Kier molecular flexibility index (Phi) is 4.67. The molecule has 0 heterocycles. The molecule has 1 N–H and O–H groups in total. The number of nitrogens with one attached hydrogen (secondary N) is 1. The molecule has 0 aromatic heterocycles. The van der Waals surface area contributed by atoms with Gasteiger partial charge in [-0.3, -0.25) is 0 Å². The molecule has 1 aliphatic carbocycles. The van der Waals surface area contributed by atoms with E-state index in [0.29, 0.717) is 0 Å².